The van der Waals surface area contributed by atoms with Gasteiger partial charge < -0.3 is 4.74 Å². The Hall–Kier alpha value is -0.120. The van der Waals surface area contributed by atoms with E-state index in [1.54, 1.807) is 0 Å². The summed E-state index contributed by atoms with van der Waals surface area (Å²) >= 11 is 3.70. The van der Waals surface area contributed by atoms with Gasteiger partial charge in [-0.15, -0.1) is 0 Å². The van der Waals surface area contributed by atoms with Gasteiger partial charge in [-0.3, -0.25) is 0 Å². The van der Waals surface area contributed by atoms with Crippen LogP contribution in [-0.4, -0.2) is 11.4 Å². The summed E-state index contributed by atoms with van der Waals surface area (Å²) in [5.41, 5.74) is 1.37. The summed E-state index contributed by atoms with van der Waals surface area (Å²) in [6.07, 6.45) is 1.15. The minimum absolute atomic E-state index is 0.259. The first kappa shape index (κ1) is 12.3. The molecule has 0 radical (unpaired) electrons. The van der Waals surface area contributed by atoms with E-state index in [0.29, 0.717) is 0 Å². The lowest BCUT2D eigenvalue weighted by atomic mass is 10.1. The van der Waals surface area contributed by atoms with Crippen LogP contribution in [0.15, 0.2) is 28.0 Å². The van der Waals surface area contributed by atoms with Crippen molar-refractivity contribution in [1.29, 1.82) is 0 Å². The highest BCUT2D eigenvalue weighted by molar-refractivity contribution is 8.19. The summed E-state index contributed by atoms with van der Waals surface area (Å²) in [6, 6.07) is 6.48. The Kier molecular flexibility index (Phi) is 4.22. The zero-order chi connectivity index (χ0) is 11.5. The third kappa shape index (κ3) is 2.96. The number of hydrogen-bond acceptors (Lipinski definition) is 3. The fraction of sp³-hybridized carbons (Fsp3) is 0.538. The molecule has 0 aliphatic carbocycles. The van der Waals surface area contributed by atoms with Gasteiger partial charge in [0.05, 0.1) is 0 Å². The summed E-state index contributed by atoms with van der Waals surface area (Å²) in [7, 11) is 0. The lowest BCUT2D eigenvalue weighted by Crippen LogP contribution is -2.04. The Bertz CT molecular complexity index is 363. The van der Waals surface area contributed by atoms with E-state index in [0.717, 1.165) is 18.9 Å². The summed E-state index contributed by atoms with van der Waals surface area (Å²) in [6.45, 7) is 7.51. The fourth-order valence-corrected chi connectivity index (χ4v) is 4.23. The van der Waals surface area contributed by atoms with Gasteiger partial charge in [0.2, 0.25) is 0 Å². The summed E-state index contributed by atoms with van der Waals surface area (Å²) in [5, 5.41) is 0. The Balaban J connectivity index is 1.88. The van der Waals surface area contributed by atoms with Crippen LogP contribution in [0.5, 0.6) is 0 Å². The standard InChI is InChI=1S/C13H18OS2/c1-9(2)7-8-14-13-15-11-6-4-5-10(3)12(11)16-13/h4-6,9,13H,7-8H2,1-3H3. The highest BCUT2D eigenvalue weighted by atomic mass is 32.2. The Morgan fingerprint density at radius 1 is 1.31 bits per heavy atom. The van der Waals surface area contributed by atoms with Gasteiger partial charge in [0.15, 0.2) is 4.77 Å². The highest BCUT2D eigenvalue weighted by Gasteiger charge is 2.24. The normalized spacial score (nSPS) is 19.1. The van der Waals surface area contributed by atoms with E-state index in [1.165, 1.54) is 15.4 Å². The average Bonchev–Trinajstić information content (AvgIpc) is 2.61. The number of benzene rings is 1. The number of ether oxygens (including phenoxy) is 1. The molecule has 1 atom stereocenters. The molecule has 0 bridgehead atoms. The van der Waals surface area contributed by atoms with Crippen LogP contribution in [-0.2, 0) is 4.74 Å². The van der Waals surface area contributed by atoms with Gasteiger partial charge in [-0.1, -0.05) is 49.5 Å². The van der Waals surface area contributed by atoms with E-state index < -0.39 is 0 Å². The number of thioether (sulfide) groups is 2. The van der Waals surface area contributed by atoms with Crippen LogP contribution in [0.3, 0.4) is 0 Å². The number of fused-ring (bicyclic) bond motifs is 1. The minimum Gasteiger partial charge on any atom is -0.357 e. The van der Waals surface area contributed by atoms with Crippen molar-refractivity contribution in [3.8, 4) is 0 Å². The van der Waals surface area contributed by atoms with Crippen molar-refractivity contribution in [3.05, 3.63) is 23.8 Å². The van der Waals surface area contributed by atoms with E-state index in [-0.39, 0.29) is 4.77 Å². The molecule has 0 saturated carbocycles. The van der Waals surface area contributed by atoms with E-state index in [4.69, 9.17) is 4.74 Å². The molecule has 0 fully saturated rings. The van der Waals surface area contributed by atoms with Crippen LogP contribution >= 0.6 is 23.5 Å². The second kappa shape index (κ2) is 5.48. The molecule has 3 heteroatoms. The molecule has 1 heterocycles. The smallest absolute Gasteiger partial charge is 0.158 e. The molecule has 0 spiro atoms. The maximum atomic E-state index is 5.88. The zero-order valence-electron chi connectivity index (χ0n) is 10.0. The Labute approximate surface area is 106 Å². The van der Waals surface area contributed by atoms with Crippen LogP contribution in [0.1, 0.15) is 25.8 Å². The van der Waals surface area contributed by atoms with Gasteiger partial charge in [-0.05, 0) is 30.9 Å². The number of hydrogen-bond donors (Lipinski definition) is 0. The summed E-state index contributed by atoms with van der Waals surface area (Å²) < 4.78 is 6.14. The molecule has 88 valence electrons. The predicted molar refractivity (Wildman–Crippen MR) is 72.1 cm³/mol. The Morgan fingerprint density at radius 2 is 2.12 bits per heavy atom. The van der Waals surface area contributed by atoms with Crippen LogP contribution in [0.4, 0.5) is 0 Å². The van der Waals surface area contributed by atoms with E-state index >= 15 is 0 Å². The number of rotatable bonds is 4. The van der Waals surface area contributed by atoms with Crippen LogP contribution in [0, 0.1) is 12.8 Å². The van der Waals surface area contributed by atoms with Crippen molar-refractivity contribution in [2.75, 3.05) is 6.61 Å². The molecule has 1 aliphatic rings. The first-order valence-corrected chi connectivity index (χ1v) is 7.47. The van der Waals surface area contributed by atoms with Crippen molar-refractivity contribution in [1.82, 2.24) is 0 Å². The maximum absolute atomic E-state index is 5.88. The van der Waals surface area contributed by atoms with E-state index in [2.05, 4.69) is 39.0 Å². The van der Waals surface area contributed by atoms with Gasteiger partial charge in [0.25, 0.3) is 0 Å². The quantitative estimate of drug-likeness (QED) is 0.780. The summed E-state index contributed by atoms with van der Waals surface area (Å²) in [4.78, 5) is 2.78. The molecule has 2 rings (SSSR count). The molecular weight excluding hydrogens is 236 g/mol. The van der Waals surface area contributed by atoms with Gasteiger partial charge in [-0.25, -0.2) is 0 Å². The Morgan fingerprint density at radius 3 is 2.81 bits per heavy atom. The van der Waals surface area contributed by atoms with Gasteiger partial charge in [0, 0.05) is 16.4 Å². The average molecular weight is 254 g/mol. The van der Waals surface area contributed by atoms with Gasteiger partial charge >= 0.3 is 0 Å². The molecule has 1 aromatic carbocycles. The fourth-order valence-electron chi connectivity index (χ4n) is 1.56. The lowest BCUT2D eigenvalue weighted by Gasteiger charge is -2.10. The third-order valence-corrected chi connectivity index (χ3v) is 5.30. The first-order chi connectivity index (χ1) is 7.66. The van der Waals surface area contributed by atoms with Crippen molar-refractivity contribution < 1.29 is 4.74 Å². The molecule has 0 amide bonds. The van der Waals surface area contributed by atoms with Crippen LogP contribution in [0.25, 0.3) is 0 Å². The first-order valence-electron chi connectivity index (χ1n) is 5.71. The topological polar surface area (TPSA) is 9.23 Å². The SMILES string of the molecule is Cc1cccc2c1SC(OCCC(C)C)S2. The maximum Gasteiger partial charge on any atom is 0.158 e. The molecule has 0 aromatic heterocycles. The van der Waals surface area contributed by atoms with Crippen molar-refractivity contribution >= 4 is 23.5 Å². The number of aryl methyl sites for hydroxylation is 1. The van der Waals surface area contributed by atoms with Crippen molar-refractivity contribution in [2.45, 2.75) is 41.8 Å². The molecule has 0 N–H and O–H groups in total. The predicted octanol–water partition coefficient (Wildman–Crippen LogP) is 4.54. The van der Waals surface area contributed by atoms with Crippen LogP contribution in [0.2, 0.25) is 0 Å². The molecule has 16 heavy (non-hydrogen) atoms. The van der Waals surface area contributed by atoms with Gasteiger partial charge in [-0.2, -0.15) is 0 Å². The highest BCUT2D eigenvalue weighted by Crippen LogP contribution is 2.49. The summed E-state index contributed by atoms with van der Waals surface area (Å²) in [5.74, 6) is 0.723. The second-order valence-corrected chi connectivity index (χ2v) is 6.95. The van der Waals surface area contributed by atoms with Gasteiger partial charge in [0.1, 0.15) is 0 Å². The molecule has 1 aliphatic heterocycles. The minimum atomic E-state index is 0.259. The monoisotopic (exact) mass is 254 g/mol. The van der Waals surface area contributed by atoms with E-state index in [9.17, 15) is 0 Å². The molecule has 1 aromatic rings. The van der Waals surface area contributed by atoms with Crippen molar-refractivity contribution in [3.63, 3.8) is 0 Å². The lowest BCUT2D eigenvalue weighted by molar-refractivity contribution is 0.151. The largest absolute Gasteiger partial charge is 0.357 e. The third-order valence-electron chi connectivity index (χ3n) is 2.56. The van der Waals surface area contributed by atoms with Crippen molar-refractivity contribution in [2.24, 2.45) is 5.92 Å². The van der Waals surface area contributed by atoms with Crippen LogP contribution < -0.4 is 0 Å². The van der Waals surface area contributed by atoms with E-state index in [1.807, 2.05) is 23.5 Å². The zero-order valence-corrected chi connectivity index (χ0v) is 11.7. The second-order valence-electron chi connectivity index (χ2n) is 4.48. The molecule has 1 unspecified atom stereocenters. The molecular formula is C13H18OS2. The molecule has 0 saturated heterocycles. The molecule has 1 nitrogen and oxygen atoms in total.